The lowest BCUT2D eigenvalue weighted by Gasteiger charge is -2.23. The zero-order valence-electron chi connectivity index (χ0n) is 15.0. The predicted octanol–water partition coefficient (Wildman–Crippen LogP) is 4.80. The number of methoxy groups -OCH3 is 1. The van der Waals surface area contributed by atoms with Gasteiger partial charge in [0, 0.05) is 25.8 Å². The molecule has 0 radical (unpaired) electrons. The van der Waals surface area contributed by atoms with Gasteiger partial charge in [-0.2, -0.15) is 0 Å². The maximum Gasteiger partial charge on any atom is 0.254 e. The molecule has 0 fully saturated rings. The molecule has 0 spiro atoms. The molecule has 25 heavy (non-hydrogen) atoms. The van der Waals surface area contributed by atoms with Crippen LogP contribution in [0.1, 0.15) is 47.7 Å². The summed E-state index contributed by atoms with van der Waals surface area (Å²) < 4.78 is 18.3. The number of amides is 1. The first-order valence-electron chi connectivity index (χ1n) is 8.75. The first-order chi connectivity index (χ1) is 12.1. The lowest BCUT2D eigenvalue weighted by Crippen LogP contribution is -2.31. The maximum atomic E-state index is 13.1. The minimum Gasteiger partial charge on any atom is -0.380 e. The van der Waals surface area contributed by atoms with Crippen LogP contribution in [0.25, 0.3) is 0 Å². The highest BCUT2D eigenvalue weighted by Gasteiger charge is 2.16. The molecule has 0 atom stereocenters. The molecule has 2 rings (SSSR count). The van der Waals surface area contributed by atoms with Gasteiger partial charge in [-0.05, 0) is 41.8 Å². The van der Waals surface area contributed by atoms with Crippen molar-refractivity contribution in [1.29, 1.82) is 0 Å². The zero-order chi connectivity index (χ0) is 18.1. The average molecular weight is 343 g/mol. The van der Waals surface area contributed by atoms with Gasteiger partial charge in [0.05, 0.1) is 6.61 Å². The van der Waals surface area contributed by atoms with Crippen molar-refractivity contribution in [3.63, 3.8) is 0 Å². The van der Waals surface area contributed by atoms with Gasteiger partial charge in [0.1, 0.15) is 5.82 Å². The largest absolute Gasteiger partial charge is 0.380 e. The summed E-state index contributed by atoms with van der Waals surface area (Å²) >= 11 is 0. The van der Waals surface area contributed by atoms with Gasteiger partial charge in [-0.15, -0.1) is 0 Å². The van der Waals surface area contributed by atoms with Crippen LogP contribution >= 0.6 is 0 Å². The molecular weight excluding hydrogens is 317 g/mol. The Morgan fingerprint density at radius 2 is 1.84 bits per heavy atom. The second-order valence-electron chi connectivity index (χ2n) is 6.19. The molecule has 1 amide bonds. The van der Waals surface area contributed by atoms with Gasteiger partial charge in [0.25, 0.3) is 5.91 Å². The Morgan fingerprint density at radius 1 is 1.08 bits per heavy atom. The van der Waals surface area contributed by atoms with Gasteiger partial charge in [0.15, 0.2) is 0 Å². The molecule has 0 N–H and O–H groups in total. The van der Waals surface area contributed by atoms with E-state index >= 15 is 0 Å². The van der Waals surface area contributed by atoms with Gasteiger partial charge >= 0.3 is 0 Å². The smallest absolute Gasteiger partial charge is 0.254 e. The highest BCUT2D eigenvalue weighted by molar-refractivity contribution is 5.94. The summed E-state index contributed by atoms with van der Waals surface area (Å²) in [7, 11) is 1.64. The van der Waals surface area contributed by atoms with Crippen molar-refractivity contribution >= 4 is 5.91 Å². The van der Waals surface area contributed by atoms with E-state index in [1.807, 2.05) is 29.2 Å². The molecule has 4 heteroatoms. The zero-order valence-corrected chi connectivity index (χ0v) is 15.0. The summed E-state index contributed by atoms with van der Waals surface area (Å²) in [6.45, 7) is 3.80. The van der Waals surface area contributed by atoms with Crippen molar-refractivity contribution in [1.82, 2.24) is 4.90 Å². The van der Waals surface area contributed by atoms with E-state index in [0.29, 0.717) is 25.3 Å². The van der Waals surface area contributed by atoms with Crippen molar-refractivity contribution in [2.24, 2.45) is 0 Å². The molecule has 0 aromatic heterocycles. The van der Waals surface area contributed by atoms with E-state index in [9.17, 15) is 9.18 Å². The van der Waals surface area contributed by atoms with Crippen molar-refractivity contribution in [2.75, 3.05) is 13.7 Å². The Bertz CT molecular complexity index is 670. The van der Waals surface area contributed by atoms with Crippen LogP contribution in [0.4, 0.5) is 4.39 Å². The fourth-order valence-corrected chi connectivity index (χ4v) is 2.76. The van der Waals surface area contributed by atoms with Gasteiger partial charge < -0.3 is 9.64 Å². The van der Waals surface area contributed by atoms with E-state index in [2.05, 4.69) is 6.92 Å². The molecule has 0 aliphatic heterocycles. The lowest BCUT2D eigenvalue weighted by molar-refractivity contribution is 0.0739. The Balaban J connectivity index is 2.16. The highest BCUT2D eigenvalue weighted by atomic mass is 19.1. The number of halogens is 1. The van der Waals surface area contributed by atoms with Crippen LogP contribution < -0.4 is 0 Å². The first-order valence-corrected chi connectivity index (χ1v) is 8.75. The molecular formula is C21H26FNO2. The second kappa shape index (κ2) is 9.94. The first kappa shape index (κ1) is 19.1. The number of unbranched alkanes of at least 4 members (excludes halogenated alkanes) is 2. The number of nitrogens with zero attached hydrogens (tertiary/aromatic N) is 1. The van der Waals surface area contributed by atoms with Gasteiger partial charge in [0.2, 0.25) is 0 Å². The molecule has 0 heterocycles. The van der Waals surface area contributed by atoms with E-state index in [4.69, 9.17) is 4.74 Å². The standard InChI is InChI=1S/C21H26FNO2/c1-3-4-5-13-23(15-17-9-11-20(22)12-10-17)21(24)19-8-6-7-18(14-19)16-25-2/h6-12,14H,3-5,13,15-16H2,1-2H3. The third kappa shape index (κ3) is 5.98. The normalized spacial score (nSPS) is 10.7. The topological polar surface area (TPSA) is 29.5 Å². The summed E-state index contributed by atoms with van der Waals surface area (Å²) in [5.74, 6) is -0.266. The second-order valence-corrected chi connectivity index (χ2v) is 6.19. The Kier molecular flexibility index (Phi) is 7.61. The lowest BCUT2D eigenvalue weighted by atomic mass is 10.1. The Morgan fingerprint density at radius 3 is 2.52 bits per heavy atom. The van der Waals surface area contributed by atoms with Crippen LogP contribution in [0.3, 0.4) is 0 Å². The Hall–Kier alpha value is -2.20. The van der Waals surface area contributed by atoms with Crippen LogP contribution in [-0.2, 0) is 17.9 Å². The fraction of sp³-hybridized carbons (Fsp3) is 0.381. The summed E-state index contributed by atoms with van der Waals surface area (Å²) in [5, 5.41) is 0. The summed E-state index contributed by atoms with van der Waals surface area (Å²) in [6.07, 6.45) is 3.14. The number of hydrogen-bond donors (Lipinski definition) is 0. The van der Waals surface area contributed by atoms with Crippen molar-refractivity contribution in [3.8, 4) is 0 Å². The quantitative estimate of drug-likeness (QED) is 0.612. The SMILES string of the molecule is CCCCCN(Cc1ccc(F)cc1)C(=O)c1cccc(COC)c1. The summed E-state index contributed by atoms with van der Waals surface area (Å²) in [4.78, 5) is 14.8. The van der Waals surface area contributed by atoms with Crippen LogP contribution in [0.15, 0.2) is 48.5 Å². The van der Waals surface area contributed by atoms with E-state index in [1.54, 1.807) is 19.2 Å². The molecule has 0 saturated heterocycles. The maximum absolute atomic E-state index is 13.1. The Labute approximate surface area is 149 Å². The molecule has 0 unspecified atom stereocenters. The van der Waals surface area contributed by atoms with Crippen LogP contribution in [0.5, 0.6) is 0 Å². The minimum atomic E-state index is -0.264. The third-order valence-corrected chi connectivity index (χ3v) is 4.09. The van der Waals surface area contributed by atoms with E-state index in [1.165, 1.54) is 12.1 Å². The molecule has 0 saturated carbocycles. The average Bonchev–Trinajstić information content (AvgIpc) is 2.63. The summed E-state index contributed by atoms with van der Waals surface area (Å²) in [6, 6.07) is 13.9. The van der Waals surface area contributed by atoms with Crippen LogP contribution in [-0.4, -0.2) is 24.5 Å². The third-order valence-electron chi connectivity index (χ3n) is 4.09. The minimum absolute atomic E-state index is 0.00150. The van der Waals surface area contributed by atoms with Crippen LogP contribution in [0.2, 0.25) is 0 Å². The van der Waals surface area contributed by atoms with Gasteiger partial charge in [-0.1, -0.05) is 44.0 Å². The number of ether oxygens (including phenoxy) is 1. The van der Waals surface area contributed by atoms with Gasteiger partial charge in [-0.3, -0.25) is 4.79 Å². The highest BCUT2D eigenvalue weighted by Crippen LogP contribution is 2.14. The van der Waals surface area contributed by atoms with Gasteiger partial charge in [-0.25, -0.2) is 4.39 Å². The van der Waals surface area contributed by atoms with Crippen molar-refractivity contribution in [2.45, 2.75) is 39.3 Å². The molecule has 2 aromatic rings. The van der Waals surface area contributed by atoms with Crippen LogP contribution in [0, 0.1) is 5.82 Å². The number of hydrogen-bond acceptors (Lipinski definition) is 2. The molecule has 3 nitrogen and oxygen atoms in total. The van der Waals surface area contributed by atoms with Crippen molar-refractivity contribution in [3.05, 3.63) is 71.0 Å². The molecule has 0 aliphatic rings. The van der Waals surface area contributed by atoms with E-state index in [0.717, 1.165) is 30.4 Å². The number of carbonyl (C=O) groups is 1. The van der Waals surface area contributed by atoms with Crippen molar-refractivity contribution < 1.29 is 13.9 Å². The molecule has 0 aliphatic carbocycles. The number of rotatable bonds is 9. The monoisotopic (exact) mass is 343 g/mol. The molecule has 2 aromatic carbocycles. The summed E-state index contributed by atoms with van der Waals surface area (Å²) in [5.41, 5.74) is 2.57. The molecule has 134 valence electrons. The number of benzene rings is 2. The fourth-order valence-electron chi connectivity index (χ4n) is 2.76. The van der Waals surface area contributed by atoms with E-state index < -0.39 is 0 Å². The number of carbonyl (C=O) groups excluding carboxylic acids is 1. The van der Waals surface area contributed by atoms with E-state index in [-0.39, 0.29) is 11.7 Å². The molecule has 0 bridgehead atoms. The predicted molar refractivity (Wildman–Crippen MR) is 97.8 cm³/mol.